The second-order valence-corrected chi connectivity index (χ2v) is 8.38. The molecule has 1 saturated heterocycles. The van der Waals surface area contributed by atoms with Gasteiger partial charge in [0.1, 0.15) is 17.3 Å². The Balaban J connectivity index is 1.42. The normalized spacial score (nSPS) is 13.3. The van der Waals surface area contributed by atoms with Gasteiger partial charge in [0.05, 0.1) is 25.6 Å². The van der Waals surface area contributed by atoms with Crippen LogP contribution in [-0.4, -0.2) is 55.4 Å². The molecule has 10 heteroatoms. The van der Waals surface area contributed by atoms with E-state index in [2.05, 4.69) is 25.4 Å². The van der Waals surface area contributed by atoms with Crippen LogP contribution in [0.1, 0.15) is 0 Å². The number of hydrogen-bond acceptors (Lipinski definition) is 9. The van der Waals surface area contributed by atoms with Crippen molar-refractivity contribution < 1.29 is 13.9 Å². The monoisotopic (exact) mass is 501 g/mol. The lowest BCUT2D eigenvalue weighted by Crippen LogP contribution is -2.47. The van der Waals surface area contributed by atoms with Gasteiger partial charge in [-0.15, -0.1) is 0 Å². The van der Waals surface area contributed by atoms with Crippen LogP contribution in [0.15, 0.2) is 72.8 Å². The van der Waals surface area contributed by atoms with Crippen LogP contribution in [0, 0.1) is 5.82 Å². The molecule has 1 aromatic heterocycles. The second-order valence-electron chi connectivity index (χ2n) is 8.38. The van der Waals surface area contributed by atoms with Crippen LogP contribution < -0.4 is 29.9 Å². The van der Waals surface area contributed by atoms with Gasteiger partial charge in [-0.2, -0.15) is 15.0 Å². The van der Waals surface area contributed by atoms with E-state index in [1.165, 1.54) is 12.1 Å². The summed E-state index contributed by atoms with van der Waals surface area (Å²) in [6.45, 7) is 2.90. The van der Waals surface area contributed by atoms with E-state index in [0.29, 0.717) is 42.4 Å². The number of anilines is 6. The highest BCUT2D eigenvalue weighted by atomic mass is 19.1. The van der Waals surface area contributed by atoms with E-state index in [4.69, 9.17) is 19.4 Å². The topological polar surface area (TPSA) is 87.7 Å². The Morgan fingerprint density at radius 3 is 1.65 bits per heavy atom. The Labute approximate surface area is 214 Å². The molecule has 2 N–H and O–H groups in total. The first-order chi connectivity index (χ1) is 18.1. The molecule has 1 aliphatic rings. The van der Waals surface area contributed by atoms with Gasteiger partial charge in [-0.3, -0.25) is 0 Å². The summed E-state index contributed by atoms with van der Waals surface area (Å²) in [4.78, 5) is 18.4. The van der Waals surface area contributed by atoms with Crippen molar-refractivity contribution in [1.82, 2.24) is 15.0 Å². The van der Waals surface area contributed by atoms with Crippen molar-refractivity contribution in [3.8, 4) is 11.5 Å². The minimum Gasteiger partial charge on any atom is -0.495 e. The molecule has 4 aromatic rings. The minimum absolute atomic E-state index is 0.238. The molecule has 0 radical (unpaired) electrons. The number of nitrogens with one attached hydrogen (secondary N) is 2. The molecule has 0 saturated carbocycles. The van der Waals surface area contributed by atoms with Crippen LogP contribution in [0.3, 0.4) is 0 Å². The lowest BCUT2D eigenvalue weighted by molar-refractivity contribution is 0.417. The molecule has 9 nitrogen and oxygen atoms in total. The number of para-hydroxylation sites is 4. The first-order valence-electron chi connectivity index (χ1n) is 11.9. The van der Waals surface area contributed by atoms with Gasteiger partial charge in [0, 0.05) is 31.9 Å². The fourth-order valence-electron chi connectivity index (χ4n) is 4.17. The summed E-state index contributed by atoms with van der Waals surface area (Å²) in [5.41, 5.74) is 2.48. The highest BCUT2D eigenvalue weighted by Gasteiger charge is 2.21. The van der Waals surface area contributed by atoms with Gasteiger partial charge in [-0.1, -0.05) is 24.3 Å². The molecule has 5 rings (SSSR count). The standard InChI is InChI=1S/C27H28FN7O2/c1-36-23-9-5-3-7-21(23)29-25-31-26(30-22-8-4-6-10-24(22)37-2)33-27(32-25)35-17-15-34(16-18-35)20-13-11-19(28)12-14-20/h3-14H,15-18H2,1-2H3,(H2,29,30,31,32,33). The minimum atomic E-state index is -0.238. The van der Waals surface area contributed by atoms with Crippen LogP contribution in [0.4, 0.5) is 39.3 Å². The Morgan fingerprint density at radius 1 is 0.649 bits per heavy atom. The maximum atomic E-state index is 13.3. The fraction of sp³-hybridized carbons (Fsp3) is 0.222. The molecule has 37 heavy (non-hydrogen) atoms. The third-order valence-corrected chi connectivity index (χ3v) is 6.08. The molecule has 2 heterocycles. The molecule has 0 bridgehead atoms. The summed E-state index contributed by atoms with van der Waals surface area (Å²) in [5.74, 6) is 2.43. The predicted molar refractivity (Wildman–Crippen MR) is 143 cm³/mol. The summed E-state index contributed by atoms with van der Waals surface area (Å²) in [6, 6.07) is 21.7. The zero-order chi connectivity index (χ0) is 25.6. The molecule has 1 aliphatic heterocycles. The maximum absolute atomic E-state index is 13.3. The van der Waals surface area contributed by atoms with Crippen LogP contribution >= 0.6 is 0 Å². The van der Waals surface area contributed by atoms with Gasteiger partial charge in [-0.25, -0.2) is 4.39 Å². The van der Waals surface area contributed by atoms with Crippen LogP contribution in [-0.2, 0) is 0 Å². The van der Waals surface area contributed by atoms with Crippen LogP contribution in [0.2, 0.25) is 0 Å². The van der Waals surface area contributed by atoms with Crippen molar-refractivity contribution in [2.24, 2.45) is 0 Å². The smallest absolute Gasteiger partial charge is 0.233 e. The zero-order valence-electron chi connectivity index (χ0n) is 20.7. The number of hydrogen-bond donors (Lipinski definition) is 2. The van der Waals surface area contributed by atoms with Crippen molar-refractivity contribution in [1.29, 1.82) is 0 Å². The molecule has 0 spiro atoms. The quantitative estimate of drug-likeness (QED) is 0.352. The van der Waals surface area contributed by atoms with Gasteiger partial charge in [0.25, 0.3) is 0 Å². The zero-order valence-corrected chi connectivity index (χ0v) is 20.7. The Morgan fingerprint density at radius 2 is 1.14 bits per heavy atom. The summed E-state index contributed by atoms with van der Waals surface area (Å²) >= 11 is 0. The number of nitrogens with zero attached hydrogens (tertiary/aromatic N) is 5. The summed E-state index contributed by atoms with van der Waals surface area (Å²) in [6.07, 6.45) is 0. The molecule has 0 atom stereocenters. The molecular formula is C27H28FN7O2. The summed E-state index contributed by atoms with van der Waals surface area (Å²) in [5, 5.41) is 6.53. The maximum Gasteiger partial charge on any atom is 0.233 e. The number of halogens is 1. The van der Waals surface area contributed by atoms with E-state index in [1.807, 2.05) is 48.5 Å². The van der Waals surface area contributed by atoms with Gasteiger partial charge in [-0.05, 0) is 48.5 Å². The van der Waals surface area contributed by atoms with Gasteiger partial charge in [0.2, 0.25) is 17.8 Å². The lowest BCUT2D eigenvalue weighted by atomic mass is 10.2. The van der Waals surface area contributed by atoms with Gasteiger partial charge >= 0.3 is 0 Å². The highest BCUT2D eigenvalue weighted by Crippen LogP contribution is 2.29. The van der Waals surface area contributed by atoms with Crippen LogP contribution in [0.25, 0.3) is 0 Å². The number of ether oxygens (including phenoxy) is 2. The molecule has 190 valence electrons. The van der Waals surface area contributed by atoms with Crippen molar-refractivity contribution in [2.75, 3.05) is 60.8 Å². The molecule has 3 aromatic carbocycles. The van der Waals surface area contributed by atoms with Crippen molar-refractivity contribution in [3.63, 3.8) is 0 Å². The number of methoxy groups -OCH3 is 2. The Kier molecular flexibility index (Phi) is 7.16. The average molecular weight is 502 g/mol. The van der Waals surface area contributed by atoms with E-state index in [-0.39, 0.29) is 5.82 Å². The largest absolute Gasteiger partial charge is 0.495 e. The fourth-order valence-corrected chi connectivity index (χ4v) is 4.17. The highest BCUT2D eigenvalue weighted by molar-refractivity contribution is 5.66. The predicted octanol–water partition coefficient (Wildman–Crippen LogP) is 4.84. The SMILES string of the molecule is COc1ccccc1Nc1nc(Nc2ccccc2OC)nc(N2CCN(c3ccc(F)cc3)CC2)n1. The van der Waals surface area contributed by atoms with E-state index in [0.717, 1.165) is 30.2 Å². The van der Waals surface area contributed by atoms with E-state index >= 15 is 0 Å². The average Bonchev–Trinajstić information content (AvgIpc) is 2.94. The van der Waals surface area contributed by atoms with Gasteiger partial charge < -0.3 is 29.9 Å². The summed E-state index contributed by atoms with van der Waals surface area (Å²) < 4.78 is 24.3. The lowest BCUT2D eigenvalue weighted by Gasteiger charge is -2.36. The first kappa shape index (κ1) is 24.1. The van der Waals surface area contributed by atoms with Gasteiger partial charge in [0.15, 0.2) is 0 Å². The number of benzene rings is 3. The number of piperazine rings is 1. The molecule has 0 unspecified atom stereocenters. The molecule has 0 aliphatic carbocycles. The first-order valence-corrected chi connectivity index (χ1v) is 11.9. The Hall–Kier alpha value is -4.60. The third-order valence-electron chi connectivity index (χ3n) is 6.08. The third kappa shape index (κ3) is 5.64. The van der Waals surface area contributed by atoms with E-state index in [1.54, 1.807) is 26.4 Å². The second kappa shape index (κ2) is 11.0. The van der Waals surface area contributed by atoms with Crippen molar-refractivity contribution in [2.45, 2.75) is 0 Å². The van der Waals surface area contributed by atoms with E-state index < -0.39 is 0 Å². The van der Waals surface area contributed by atoms with Crippen molar-refractivity contribution in [3.05, 3.63) is 78.6 Å². The number of rotatable bonds is 8. The molecular weight excluding hydrogens is 473 g/mol. The number of aromatic nitrogens is 3. The van der Waals surface area contributed by atoms with Crippen LogP contribution in [0.5, 0.6) is 11.5 Å². The molecule has 1 fully saturated rings. The van der Waals surface area contributed by atoms with E-state index in [9.17, 15) is 4.39 Å². The summed E-state index contributed by atoms with van der Waals surface area (Å²) in [7, 11) is 3.24. The van der Waals surface area contributed by atoms with Crippen molar-refractivity contribution >= 4 is 34.9 Å². The Bertz CT molecular complexity index is 1280. The molecule has 0 amide bonds.